The standard InChI is InChI=1S/C11H19NO/c1-11(2,3)12-8-9-6-4-5-7-10(9)13/h8,12H,4-7H2,1-3H3. The maximum absolute atomic E-state index is 11.4. The Hall–Kier alpha value is -0.790. The monoisotopic (exact) mass is 181 g/mol. The van der Waals surface area contributed by atoms with E-state index in [-0.39, 0.29) is 5.54 Å². The minimum atomic E-state index is 0.0602. The van der Waals surface area contributed by atoms with Crippen LogP contribution in [0.15, 0.2) is 11.8 Å². The molecule has 2 heteroatoms. The van der Waals surface area contributed by atoms with Crippen molar-refractivity contribution in [1.82, 2.24) is 5.32 Å². The van der Waals surface area contributed by atoms with E-state index in [2.05, 4.69) is 26.1 Å². The van der Waals surface area contributed by atoms with Gasteiger partial charge in [-0.05, 0) is 40.0 Å². The number of hydrogen-bond donors (Lipinski definition) is 1. The van der Waals surface area contributed by atoms with Gasteiger partial charge >= 0.3 is 0 Å². The first kappa shape index (κ1) is 10.3. The van der Waals surface area contributed by atoms with Gasteiger partial charge in [-0.3, -0.25) is 4.79 Å². The lowest BCUT2D eigenvalue weighted by Gasteiger charge is -2.21. The summed E-state index contributed by atoms with van der Waals surface area (Å²) in [6, 6.07) is 0. The average molecular weight is 181 g/mol. The van der Waals surface area contributed by atoms with Crippen LogP contribution in [0.5, 0.6) is 0 Å². The highest BCUT2D eigenvalue weighted by Gasteiger charge is 2.15. The normalized spacial score (nSPS) is 22.1. The number of Topliss-reactive ketones (excluding diaryl/α,β-unsaturated/α-hetero) is 1. The fraction of sp³-hybridized carbons (Fsp3) is 0.727. The predicted molar refractivity (Wildman–Crippen MR) is 54.4 cm³/mol. The van der Waals surface area contributed by atoms with Gasteiger partial charge in [-0.25, -0.2) is 0 Å². The number of rotatable bonds is 1. The van der Waals surface area contributed by atoms with Crippen LogP contribution in [0.3, 0.4) is 0 Å². The Balaban J connectivity index is 2.54. The van der Waals surface area contributed by atoms with Gasteiger partial charge in [-0.2, -0.15) is 0 Å². The molecule has 2 nitrogen and oxygen atoms in total. The Labute approximate surface area is 80.4 Å². The first-order chi connectivity index (χ1) is 5.99. The molecule has 1 N–H and O–H groups in total. The second-order valence-corrected chi connectivity index (χ2v) is 4.69. The molecule has 0 aromatic rings. The highest BCUT2D eigenvalue weighted by Crippen LogP contribution is 2.19. The Morgan fingerprint density at radius 2 is 1.85 bits per heavy atom. The molecule has 1 saturated carbocycles. The highest BCUT2D eigenvalue weighted by atomic mass is 16.1. The molecular weight excluding hydrogens is 162 g/mol. The van der Waals surface area contributed by atoms with E-state index in [1.54, 1.807) is 0 Å². The molecule has 13 heavy (non-hydrogen) atoms. The molecule has 0 atom stereocenters. The van der Waals surface area contributed by atoms with Crippen LogP contribution in [0.25, 0.3) is 0 Å². The van der Waals surface area contributed by atoms with Crippen molar-refractivity contribution in [1.29, 1.82) is 0 Å². The van der Waals surface area contributed by atoms with Gasteiger partial charge in [0, 0.05) is 23.7 Å². The van der Waals surface area contributed by atoms with Crippen molar-refractivity contribution in [2.24, 2.45) is 0 Å². The molecule has 1 aliphatic carbocycles. The lowest BCUT2D eigenvalue weighted by Crippen LogP contribution is -2.32. The Bertz CT molecular complexity index is 223. The van der Waals surface area contributed by atoms with Gasteiger partial charge in [0.25, 0.3) is 0 Å². The molecule has 1 aliphatic rings. The second-order valence-electron chi connectivity index (χ2n) is 4.69. The molecule has 0 aromatic heterocycles. The molecule has 0 radical (unpaired) electrons. The van der Waals surface area contributed by atoms with Gasteiger partial charge in [-0.1, -0.05) is 0 Å². The van der Waals surface area contributed by atoms with Crippen LogP contribution in [-0.4, -0.2) is 11.3 Å². The van der Waals surface area contributed by atoms with Gasteiger partial charge < -0.3 is 5.32 Å². The summed E-state index contributed by atoms with van der Waals surface area (Å²) in [4.78, 5) is 11.4. The molecule has 0 amide bonds. The number of ketones is 1. The van der Waals surface area contributed by atoms with Gasteiger partial charge in [0.1, 0.15) is 0 Å². The lowest BCUT2D eigenvalue weighted by atomic mass is 9.94. The second kappa shape index (κ2) is 3.95. The molecule has 1 rings (SSSR count). The van der Waals surface area contributed by atoms with Crippen molar-refractivity contribution in [3.8, 4) is 0 Å². The lowest BCUT2D eigenvalue weighted by molar-refractivity contribution is -0.116. The Morgan fingerprint density at radius 3 is 2.38 bits per heavy atom. The maximum atomic E-state index is 11.4. The minimum absolute atomic E-state index is 0.0602. The van der Waals surface area contributed by atoms with Crippen LogP contribution < -0.4 is 5.32 Å². The highest BCUT2D eigenvalue weighted by molar-refractivity contribution is 5.95. The van der Waals surface area contributed by atoms with Crippen LogP contribution >= 0.6 is 0 Å². The van der Waals surface area contributed by atoms with Crippen LogP contribution in [-0.2, 0) is 4.79 Å². The van der Waals surface area contributed by atoms with Gasteiger partial charge in [0.05, 0.1) is 0 Å². The van der Waals surface area contributed by atoms with Crippen molar-refractivity contribution < 1.29 is 4.79 Å². The van der Waals surface area contributed by atoms with Crippen molar-refractivity contribution in [3.05, 3.63) is 11.8 Å². The number of carbonyl (C=O) groups is 1. The van der Waals surface area contributed by atoms with Gasteiger partial charge in [0.15, 0.2) is 5.78 Å². The van der Waals surface area contributed by atoms with Gasteiger partial charge in [-0.15, -0.1) is 0 Å². The third-order valence-corrected chi connectivity index (χ3v) is 2.14. The molecule has 0 aromatic carbocycles. The smallest absolute Gasteiger partial charge is 0.160 e. The maximum Gasteiger partial charge on any atom is 0.160 e. The van der Waals surface area contributed by atoms with Crippen molar-refractivity contribution in [3.63, 3.8) is 0 Å². The van der Waals surface area contributed by atoms with E-state index in [0.717, 1.165) is 31.3 Å². The molecule has 74 valence electrons. The average Bonchev–Trinajstić information content (AvgIpc) is 2.01. The summed E-state index contributed by atoms with van der Waals surface area (Å²) in [7, 11) is 0. The predicted octanol–water partition coefficient (Wildman–Crippen LogP) is 2.40. The quantitative estimate of drug-likeness (QED) is 0.629. The molecule has 0 heterocycles. The third-order valence-electron chi connectivity index (χ3n) is 2.14. The molecule has 0 saturated heterocycles. The summed E-state index contributed by atoms with van der Waals surface area (Å²) in [5.41, 5.74) is 1.03. The van der Waals surface area contributed by atoms with E-state index >= 15 is 0 Å². The summed E-state index contributed by atoms with van der Waals surface area (Å²) in [6.07, 6.45) is 5.80. The van der Waals surface area contributed by atoms with E-state index in [1.807, 2.05) is 6.20 Å². The zero-order valence-corrected chi connectivity index (χ0v) is 8.81. The fourth-order valence-corrected chi connectivity index (χ4v) is 1.36. The summed E-state index contributed by atoms with van der Waals surface area (Å²) < 4.78 is 0. The van der Waals surface area contributed by atoms with Crippen molar-refractivity contribution >= 4 is 5.78 Å². The molecule has 0 unspecified atom stereocenters. The van der Waals surface area contributed by atoms with Crippen LogP contribution in [0.4, 0.5) is 0 Å². The zero-order chi connectivity index (χ0) is 9.90. The van der Waals surface area contributed by atoms with Gasteiger partial charge in [0.2, 0.25) is 0 Å². The van der Waals surface area contributed by atoms with E-state index < -0.39 is 0 Å². The first-order valence-corrected chi connectivity index (χ1v) is 4.99. The molecular formula is C11H19NO. The summed E-state index contributed by atoms with van der Waals surface area (Å²) in [5, 5.41) is 3.24. The van der Waals surface area contributed by atoms with E-state index in [4.69, 9.17) is 0 Å². The molecule has 1 fully saturated rings. The Kier molecular flexibility index (Phi) is 3.12. The van der Waals surface area contributed by atoms with Crippen LogP contribution in [0.2, 0.25) is 0 Å². The molecule has 0 aliphatic heterocycles. The summed E-state index contributed by atoms with van der Waals surface area (Å²) in [6.45, 7) is 6.28. The van der Waals surface area contributed by atoms with Crippen molar-refractivity contribution in [2.45, 2.75) is 52.0 Å². The molecule has 0 spiro atoms. The van der Waals surface area contributed by atoms with E-state index in [9.17, 15) is 4.79 Å². The largest absolute Gasteiger partial charge is 0.386 e. The SMILES string of the molecule is CC(C)(C)NC=C1CCCCC1=O. The summed E-state index contributed by atoms with van der Waals surface area (Å²) in [5.74, 6) is 0.322. The van der Waals surface area contributed by atoms with Crippen LogP contribution in [0.1, 0.15) is 46.5 Å². The van der Waals surface area contributed by atoms with Crippen LogP contribution in [0, 0.1) is 0 Å². The third kappa shape index (κ3) is 3.62. The minimum Gasteiger partial charge on any atom is -0.386 e. The summed E-state index contributed by atoms with van der Waals surface area (Å²) >= 11 is 0. The number of allylic oxidation sites excluding steroid dienone is 1. The number of hydrogen-bond acceptors (Lipinski definition) is 2. The first-order valence-electron chi connectivity index (χ1n) is 4.99. The van der Waals surface area contributed by atoms with E-state index in [1.165, 1.54) is 0 Å². The Morgan fingerprint density at radius 1 is 1.23 bits per heavy atom. The number of carbonyl (C=O) groups excluding carboxylic acids is 1. The topological polar surface area (TPSA) is 29.1 Å². The van der Waals surface area contributed by atoms with E-state index in [0.29, 0.717) is 5.78 Å². The van der Waals surface area contributed by atoms with Crippen molar-refractivity contribution in [2.75, 3.05) is 0 Å². The zero-order valence-electron chi connectivity index (χ0n) is 8.81. The fourth-order valence-electron chi connectivity index (χ4n) is 1.36. The molecule has 0 bridgehead atoms. The number of nitrogens with one attached hydrogen (secondary N) is 1.